The van der Waals surface area contributed by atoms with E-state index in [1.807, 2.05) is 42.5 Å². The third kappa shape index (κ3) is 8.25. The van der Waals surface area contributed by atoms with Crippen molar-refractivity contribution in [2.45, 2.75) is 131 Å². The van der Waals surface area contributed by atoms with E-state index in [-0.39, 0.29) is 27.1 Å². The summed E-state index contributed by atoms with van der Waals surface area (Å²) >= 11 is 0. The first-order chi connectivity index (χ1) is 22.9. The molecule has 5 aromatic rings. The summed E-state index contributed by atoms with van der Waals surface area (Å²) in [6.07, 6.45) is 0. The molecule has 0 radical (unpaired) electrons. The molecule has 0 saturated heterocycles. The van der Waals surface area contributed by atoms with E-state index in [2.05, 4.69) is 110 Å². The van der Waals surface area contributed by atoms with Gasteiger partial charge in [-0.25, -0.2) is 44.9 Å². The van der Waals surface area contributed by atoms with E-state index < -0.39 is 0 Å². The molecule has 262 valence electrons. The van der Waals surface area contributed by atoms with Crippen LogP contribution in [0.25, 0.3) is 45.6 Å². The van der Waals surface area contributed by atoms with Crippen LogP contribution in [0.3, 0.4) is 0 Å². The van der Waals surface area contributed by atoms with Crippen molar-refractivity contribution in [1.82, 2.24) is 44.9 Å². The van der Waals surface area contributed by atoms with Crippen LogP contribution < -0.4 is 0 Å². The van der Waals surface area contributed by atoms with E-state index in [0.717, 1.165) is 45.6 Å². The number of rotatable bonds is 4. The van der Waals surface area contributed by atoms with Gasteiger partial charge in [0.2, 0.25) is 0 Å². The predicted molar refractivity (Wildman–Crippen MR) is 202 cm³/mol. The van der Waals surface area contributed by atoms with E-state index in [4.69, 9.17) is 44.9 Å². The van der Waals surface area contributed by atoms with Gasteiger partial charge < -0.3 is 0 Å². The molecule has 0 fully saturated rings. The molecule has 0 amide bonds. The van der Waals surface area contributed by atoms with Crippen LogP contribution in [0.4, 0.5) is 0 Å². The normalized spacial score (nSPS) is 13.1. The Labute approximate surface area is 298 Å². The lowest BCUT2D eigenvalue weighted by Crippen LogP contribution is -2.24. The predicted octanol–water partition coefficient (Wildman–Crippen LogP) is 9.40. The Bertz CT molecular complexity index is 1950. The van der Waals surface area contributed by atoms with Crippen molar-refractivity contribution in [3.05, 3.63) is 77.7 Å². The lowest BCUT2D eigenvalue weighted by molar-refractivity contribution is 0.497. The molecule has 0 aliphatic rings. The molecule has 50 heavy (non-hydrogen) atoms. The molecule has 0 aliphatic heterocycles. The number of hydrogen-bond donors (Lipinski definition) is 0. The minimum absolute atomic E-state index is 0.215. The van der Waals surface area contributed by atoms with Gasteiger partial charge in [-0.3, -0.25) is 0 Å². The largest absolute Gasteiger partial charge is 0.217 e. The second kappa shape index (κ2) is 12.7. The van der Waals surface area contributed by atoms with Gasteiger partial charge in [0.15, 0.2) is 23.3 Å². The standard InChI is InChI=1S/C41H53N9/c1-37(2,3)32-43-28(24-19-21-25(22-20-24)29-44-33(38(4,5)6)49-34(45-29)39(7,8)9)42-30(46-32)26-17-16-18-27(23-26)31-47-35(40(10,11)12)50-36(48-31)41(13,14)15/h16-23H,1-15H3. The highest BCUT2D eigenvalue weighted by atomic mass is 15.1. The minimum Gasteiger partial charge on any atom is -0.217 e. The third-order valence-corrected chi connectivity index (χ3v) is 8.04. The zero-order valence-corrected chi connectivity index (χ0v) is 32.6. The SMILES string of the molecule is CC(C)(C)c1nc(-c2ccc(-c3nc(C(C)(C)C)nc(C(C)(C)C)n3)cc2)nc(-c2cccc(-c3nc(C(C)(C)C)nc(C(C)(C)C)n3)c2)n1. The lowest BCUT2D eigenvalue weighted by atomic mass is 9.92. The zero-order chi connectivity index (χ0) is 37.0. The van der Waals surface area contributed by atoms with Crippen molar-refractivity contribution < 1.29 is 0 Å². The quantitative estimate of drug-likeness (QED) is 0.184. The molecule has 9 heteroatoms. The van der Waals surface area contributed by atoms with Gasteiger partial charge in [0.1, 0.15) is 29.1 Å². The molecule has 9 nitrogen and oxygen atoms in total. The number of nitrogens with zero attached hydrogens (tertiary/aromatic N) is 9. The van der Waals surface area contributed by atoms with Crippen LogP contribution in [0, 0.1) is 0 Å². The molecule has 0 spiro atoms. The van der Waals surface area contributed by atoms with Crippen LogP contribution >= 0.6 is 0 Å². The third-order valence-electron chi connectivity index (χ3n) is 8.04. The Hall–Kier alpha value is -4.53. The fourth-order valence-corrected chi connectivity index (χ4v) is 4.89. The van der Waals surface area contributed by atoms with Crippen LogP contribution in [0.2, 0.25) is 0 Å². The summed E-state index contributed by atoms with van der Waals surface area (Å²) in [5.41, 5.74) is 2.32. The van der Waals surface area contributed by atoms with E-state index in [1.54, 1.807) is 0 Å². The highest BCUT2D eigenvalue weighted by molar-refractivity contribution is 5.69. The van der Waals surface area contributed by atoms with Gasteiger partial charge in [0.05, 0.1) is 0 Å². The van der Waals surface area contributed by atoms with Crippen LogP contribution in [0.1, 0.15) is 133 Å². The van der Waals surface area contributed by atoms with Crippen molar-refractivity contribution in [2.75, 3.05) is 0 Å². The monoisotopic (exact) mass is 671 g/mol. The fourth-order valence-electron chi connectivity index (χ4n) is 4.89. The molecule has 3 aromatic heterocycles. The van der Waals surface area contributed by atoms with Gasteiger partial charge in [-0.2, -0.15) is 0 Å². The second-order valence-electron chi connectivity index (χ2n) is 18.3. The van der Waals surface area contributed by atoms with Gasteiger partial charge in [0.25, 0.3) is 0 Å². The number of hydrogen-bond acceptors (Lipinski definition) is 9. The summed E-state index contributed by atoms with van der Waals surface area (Å²) < 4.78 is 0. The summed E-state index contributed by atoms with van der Waals surface area (Å²) in [6.45, 7) is 31.8. The number of aromatic nitrogens is 9. The van der Waals surface area contributed by atoms with Crippen LogP contribution in [-0.2, 0) is 27.1 Å². The van der Waals surface area contributed by atoms with Crippen LogP contribution in [0.5, 0.6) is 0 Å². The second-order valence-corrected chi connectivity index (χ2v) is 18.3. The first-order valence-electron chi connectivity index (χ1n) is 17.4. The van der Waals surface area contributed by atoms with Gasteiger partial charge in [-0.05, 0) is 6.07 Å². The summed E-state index contributed by atoms with van der Waals surface area (Å²) in [4.78, 5) is 44.3. The fraction of sp³-hybridized carbons (Fsp3) is 0.488. The lowest BCUT2D eigenvalue weighted by Gasteiger charge is -2.23. The van der Waals surface area contributed by atoms with Crippen LogP contribution in [0.15, 0.2) is 48.5 Å². The van der Waals surface area contributed by atoms with Crippen molar-refractivity contribution >= 4 is 0 Å². The Balaban J connectivity index is 1.59. The average Bonchev–Trinajstić information content (AvgIpc) is 3.02. The smallest absolute Gasteiger partial charge is 0.163 e. The minimum atomic E-state index is -0.307. The molecular weight excluding hydrogens is 619 g/mol. The number of benzene rings is 2. The van der Waals surface area contributed by atoms with Crippen molar-refractivity contribution in [2.24, 2.45) is 0 Å². The first kappa shape index (κ1) is 36.7. The highest BCUT2D eigenvalue weighted by Crippen LogP contribution is 2.32. The molecule has 0 atom stereocenters. The first-order valence-corrected chi connectivity index (χ1v) is 17.4. The zero-order valence-electron chi connectivity index (χ0n) is 32.6. The maximum Gasteiger partial charge on any atom is 0.163 e. The average molecular weight is 672 g/mol. The van der Waals surface area contributed by atoms with Crippen molar-refractivity contribution in [1.29, 1.82) is 0 Å². The van der Waals surface area contributed by atoms with Gasteiger partial charge in [-0.15, -0.1) is 0 Å². The summed E-state index contributed by atoms with van der Waals surface area (Å²) in [6, 6.07) is 16.2. The Morgan fingerprint density at radius 1 is 0.280 bits per heavy atom. The topological polar surface area (TPSA) is 116 Å². The van der Waals surface area contributed by atoms with Gasteiger partial charge >= 0.3 is 0 Å². The van der Waals surface area contributed by atoms with Gasteiger partial charge in [-0.1, -0.05) is 146 Å². The molecule has 0 aliphatic carbocycles. The molecular formula is C41H53N9. The highest BCUT2D eigenvalue weighted by Gasteiger charge is 2.27. The summed E-state index contributed by atoms with van der Waals surface area (Å²) in [7, 11) is 0. The molecule has 0 unspecified atom stereocenters. The maximum atomic E-state index is 5.01. The van der Waals surface area contributed by atoms with E-state index in [0.29, 0.717) is 29.1 Å². The van der Waals surface area contributed by atoms with Gasteiger partial charge in [0, 0.05) is 49.3 Å². The Morgan fingerprint density at radius 3 is 0.820 bits per heavy atom. The molecule has 5 rings (SSSR count). The van der Waals surface area contributed by atoms with E-state index >= 15 is 0 Å². The molecule has 3 heterocycles. The molecule has 0 bridgehead atoms. The Kier molecular flexibility index (Phi) is 9.30. The van der Waals surface area contributed by atoms with E-state index in [1.165, 1.54) is 0 Å². The maximum absolute atomic E-state index is 5.01. The molecule has 0 N–H and O–H groups in total. The molecule has 2 aromatic carbocycles. The Morgan fingerprint density at radius 2 is 0.520 bits per heavy atom. The van der Waals surface area contributed by atoms with Crippen molar-refractivity contribution in [3.8, 4) is 45.6 Å². The van der Waals surface area contributed by atoms with E-state index in [9.17, 15) is 0 Å². The summed E-state index contributed by atoms with van der Waals surface area (Å²) in [5, 5.41) is 0. The van der Waals surface area contributed by atoms with Crippen LogP contribution in [-0.4, -0.2) is 44.9 Å². The summed E-state index contributed by atoms with van der Waals surface area (Å²) in [5.74, 6) is 6.28. The van der Waals surface area contributed by atoms with Crippen molar-refractivity contribution in [3.63, 3.8) is 0 Å². The molecule has 0 saturated carbocycles.